The van der Waals surface area contributed by atoms with Crippen molar-refractivity contribution in [1.29, 1.82) is 0 Å². The Balaban J connectivity index is 2.33. The molecule has 0 aliphatic heterocycles. The van der Waals surface area contributed by atoms with Gasteiger partial charge in [0.25, 0.3) is 0 Å². The van der Waals surface area contributed by atoms with Gasteiger partial charge in [-0.05, 0) is 36.1 Å². The molecule has 2 rings (SSSR count). The number of hydrogen-bond donors (Lipinski definition) is 1. The van der Waals surface area contributed by atoms with Crippen molar-refractivity contribution < 1.29 is 9.53 Å². The molecule has 0 amide bonds. The molecular weight excluding hydrogens is 310 g/mol. The number of carbonyl (C=O) groups is 1. The van der Waals surface area contributed by atoms with Gasteiger partial charge in [0.1, 0.15) is 0 Å². The molecule has 0 bridgehead atoms. The highest BCUT2D eigenvalue weighted by Gasteiger charge is 2.19. The minimum Gasteiger partial charge on any atom is -0.465 e. The van der Waals surface area contributed by atoms with Gasteiger partial charge in [-0.15, -0.1) is 0 Å². The molecule has 0 saturated carbocycles. The molecule has 3 nitrogen and oxygen atoms in total. The van der Waals surface area contributed by atoms with Crippen LogP contribution in [0.4, 0.5) is 0 Å². The van der Waals surface area contributed by atoms with E-state index in [9.17, 15) is 4.79 Å². The van der Waals surface area contributed by atoms with Gasteiger partial charge in [-0.2, -0.15) is 0 Å². The second-order valence-corrected chi connectivity index (χ2v) is 6.37. The maximum absolute atomic E-state index is 11.9. The molecule has 0 aromatic heterocycles. The maximum Gasteiger partial charge on any atom is 0.337 e. The van der Waals surface area contributed by atoms with Crippen molar-refractivity contribution in [2.24, 2.45) is 0 Å². The van der Waals surface area contributed by atoms with E-state index < -0.39 is 0 Å². The lowest BCUT2D eigenvalue weighted by Crippen LogP contribution is -2.33. The third kappa shape index (κ3) is 5.43. The summed E-state index contributed by atoms with van der Waals surface area (Å²) in [5.74, 6) is -0.299. The average molecular weight is 339 g/mol. The first-order chi connectivity index (χ1) is 12.2. The Bertz CT molecular complexity index is 654. The largest absolute Gasteiger partial charge is 0.465 e. The van der Waals surface area contributed by atoms with E-state index in [2.05, 4.69) is 49.5 Å². The summed E-state index contributed by atoms with van der Waals surface area (Å²) in [6, 6.07) is 18.6. The van der Waals surface area contributed by atoms with E-state index in [1.165, 1.54) is 25.5 Å². The van der Waals surface area contributed by atoms with Gasteiger partial charge in [0, 0.05) is 6.04 Å². The van der Waals surface area contributed by atoms with Crippen LogP contribution in [0.5, 0.6) is 0 Å². The number of unbranched alkanes of at least 4 members (excludes halogenated alkanes) is 1. The number of methoxy groups -OCH3 is 1. The minimum atomic E-state index is -0.299. The number of benzene rings is 2. The maximum atomic E-state index is 11.9. The van der Waals surface area contributed by atoms with Crippen LogP contribution in [0.1, 0.15) is 67.1 Å². The predicted octanol–water partition coefficient (Wildman–Crippen LogP) is 5.12. The summed E-state index contributed by atoms with van der Waals surface area (Å²) in [6.07, 6.45) is 4.66. The summed E-state index contributed by atoms with van der Waals surface area (Å²) in [7, 11) is 1.42. The Morgan fingerprint density at radius 2 is 1.76 bits per heavy atom. The van der Waals surface area contributed by atoms with E-state index in [0.717, 1.165) is 18.4 Å². The van der Waals surface area contributed by atoms with E-state index in [4.69, 9.17) is 4.74 Å². The van der Waals surface area contributed by atoms with Crippen molar-refractivity contribution >= 4 is 5.97 Å². The first kappa shape index (κ1) is 19.2. The van der Waals surface area contributed by atoms with Crippen LogP contribution in [0.15, 0.2) is 54.6 Å². The first-order valence-electron chi connectivity index (χ1n) is 9.18. The molecule has 2 aromatic rings. The van der Waals surface area contributed by atoms with E-state index in [1.54, 1.807) is 6.07 Å². The Morgan fingerprint density at radius 3 is 2.40 bits per heavy atom. The zero-order chi connectivity index (χ0) is 18.1. The smallest absolute Gasteiger partial charge is 0.337 e. The standard InChI is InChI=1S/C22H29NO2/c1-4-6-15-20(5-2)23-21(17-11-8-7-9-12-17)18-13-10-14-19(16-18)22(24)25-3/h7-14,16,20-21,23H,4-6,15H2,1-3H3. The van der Waals surface area contributed by atoms with Crippen LogP contribution >= 0.6 is 0 Å². The highest BCUT2D eigenvalue weighted by molar-refractivity contribution is 5.89. The van der Waals surface area contributed by atoms with Crippen LogP contribution in [0, 0.1) is 0 Å². The Kier molecular flexibility index (Phi) is 7.68. The number of nitrogens with one attached hydrogen (secondary N) is 1. The first-order valence-corrected chi connectivity index (χ1v) is 9.18. The van der Waals surface area contributed by atoms with Gasteiger partial charge in [-0.25, -0.2) is 4.79 Å². The lowest BCUT2D eigenvalue weighted by molar-refractivity contribution is 0.0600. The molecule has 1 N–H and O–H groups in total. The van der Waals surface area contributed by atoms with Crippen LogP contribution in [-0.4, -0.2) is 19.1 Å². The third-order valence-corrected chi connectivity index (χ3v) is 4.58. The average Bonchev–Trinajstić information content (AvgIpc) is 2.68. The van der Waals surface area contributed by atoms with E-state index in [-0.39, 0.29) is 12.0 Å². The molecule has 0 heterocycles. The fourth-order valence-corrected chi connectivity index (χ4v) is 3.08. The Labute approximate surface area is 151 Å². The van der Waals surface area contributed by atoms with Crippen molar-refractivity contribution in [1.82, 2.24) is 5.32 Å². The summed E-state index contributed by atoms with van der Waals surface area (Å²) in [5, 5.41) is 3.80. The van der Waals surface area contributed by atoms with Gasteiger partial charge < -0.3 is 10.1 Å². The van der Waals surface area contributed by atoms with Crippen molar-refractivity contribution in [3.63, 3.8) is 0 Å². The number of ether oxygens (including phenoxy) is 1. The third-order valence-electron chi connectivity index (χ3n) is 4.58. The molecule has 3 heteroatoms. The molecule has 0 fully saturated rings. The van der Waals surface area contributed by atoms with Crippen LogP contribution < -0.4 is 5.32 Å². The van der Waals surface area contributed by atoms with E-state index in [0.29, 0.717) is 11.6 Å². The van der Waals surface area contributed by atoms with Crippen molar-refractivity contribution in [3.8, 4) is 0 Å². The SMILES string of the molecule is CCCCC(CC)NC(c1ccccc1)c1cccc(C(=O)OC)c1. The normalized spacial score (nSPS) is 13.2. The number of esters is 1. The monoisotopic (exact) mass is 339 g/mol. The number of hydrogen-bond acceptors (Lipinski definition) is 3. The molecule has 0 aliphatic rings. The van der Waals surface area contributed by atoms with Crippen LogP contribution in [0.2, 0.25) is 0 Å². The summed E-state index contributed by atoms with van der Waals surface area (Å²) in [5.41, 5.74) is 2.88. The van der Waals surface area contributed by atoms with Crippen molar-refractivity contribution in [3.05, 3.63) is 71.3 Å². The molecule has 0 aliphatic carbocycles. The fourth-order valence-electron chi connectivity index (χ4n) is 3.08. The van der Waals surface area contributed by atoms with Crippen LogP contribution in [-0.2, 0) is 4.74 Å². The minimum absolute atomic E-state index is 0.0626. The van der Waals surface area contributed by atoms with Crippen LogP contribution in [0.3, 0.4) is 0 Å². The van der Waals surface area contributed by atoms with Crippen LogP contribution in [0.25, 0.3) is 0 Å². The zero-order valence-electron chi connectivity index (χ0n) is 15.5. The molecule has 0 saturated heterocycles. The Morgan fingerprint density at radius 1 is 1.04 bits per heavy atom. The van der Waals surface area contributed by atoms with Gasteiger partial charge in [-0.3, -0.25) is 0 Å². The summed E-state index contributed by atoms with van der Waals surface area (Å²) in [4.78, 5) is 11.9. The number of rotatable bonds is 9. The number of carbonyl (C=O) groups excluding carboxylic acids is 1. The quantitative estimate of drug-likeness (QED) is 0.644. The predicted molar refractivity (Wildman–Crippen MR) is 103 cm³/mol. The van der Waals surface area contributed by atoms with Gasteiger partial charge in [0.15, 0.2) is 0 Å². The fraction of sp³-hybridized carbons (Fsp3) is 0.409. The molecule has 0 spiro atoms. The van der Waals surface area contributed by atoms with Crippen molar-refractivity contribution in [2.75, 3.05) is 7.11 Å². The summed E-state index contributed by atoms with van der Waals surface area (Å²) < 4.78 is 4.87. The second-order valence-electron chi connectivity index (χ2n) is 6.37. The lowest BCUT2D eigenvalue weighted by Gasteiger charge is -2.26. The molecular formula is C22H29NO2. The molecule has 134 valence electrons. The zero-order valence-corrected chi connectivity index (χ0v) is 15.5. The highest BCUT2D eigenvalue weighted by Crippen LogP contribution is 2.25. The van der Waals surface area contributed by atoms with Gasteiger partial charge in [-0.1, -0.05) is 69.2 Å². The highest BCUT2D eigenvalue weighted by atomic mass is 16.5. The summed E-state index contributed by atoms with van der Waals surface area (Å²) in [6.45, 7) is 4.45. The molecule has 2 atom stereocenters. The van der Waals surface area contributed by atoms with Crippen molar-refractivity contribution in [2.45, 2.75) is 51.6 Å². The second kappa shape index (κ2) is 10.00. The van der Waals surface area contributed by atoms with Gasteiger partial charge in [0.2, 0.25) is 0 Å². The summed E-state index contributed by atoms with van der Waals surface area (Å²) >= 11 is 0. The topological polar surface area (TPSA) is 38.3 Å². The molecule has 2 unspecified atom stereocenters. The Hall–Kier alpha value is -2.13. The van der Waals surface area contributed by atoms with Gasteiger partial charge in [0.05, 0.1) is 18.7 Å². The molecule has 25 heavy (non-hydrogen) atoms. The van der Waals surface area contributed by atoms with E-state index >= 15 is 0 Å². The molecule has 0 radical (unpaired) electrons. The lowest BCUT2D eigenvalue weighted by atomic mass is 9.95. The van der Waals surface area contributed by atoms with Gasteiger partial charge >= 0.3 is 5.97 Å². The molecule has 2 aromatic carbocycles. The van der Waals surface area contributed by atoms with E-state index in [1.807, 2.05) is 18.2 Å².